The van der Waals surface area contributed by atoms with Crippen molar-refractivity contribution in [2.24, 2.45) is 0 Å². The van der Waals surface area contributed by atoms with Gasteiger partial charge in [-0.15, -0.1) is 0 Å². The van der Waals surface area contributed by atoms with Crippen LogP contribution in [-0.2, 0) is 0 Å². The third-order valence-corrected chi connectivity index (χ3v) is 3.77. The minimum atomic E-state index is -0.550. The van der Waals surface area contributed by atoms with Gasteiger partial charge < -0.3 is 10.4 Å². The Bertz CT molecular complexity index is 388. The van der Waals surface area contributed by atoms with Crippen LogP contribution in [0.4, 0.5) is 4.39 Å². The summed E-state index contributed by atoms with van der Waals surface area (Å²) in [7, 11) is 0. The number of hydrogen-bond donors (Lipinski definition) is 2. The number of aliphatic hydroxyl groups is 1. The second-order valence-electron chi connectivity index (χ2n) is 5.27. The smallest absolute Gasteiger partial charge is 0.126 e. The summed E-state index contributed by atoms with van der Waals surface area (Å²) in [6.07, 6.45) is 5.75. The molecule has 1 aliphatic rings. The van der Waals surface area contributed by atoms with E-state index in [1.54, 1.807) is 19.1 Å². The molecule has 0 aliphatic heterocycles. The Morgan fingerprint density at radius 3 is 2.72 bits per heavy atom. The largest absolute Gasteiger partial charge is 0.387 e. The van der Waals surface area contributed by atoms with Crippen LogP contribution in [0.25, 0.3) is 0 Å². The Balaban J connectivity index is 1.86. The summed E-state index contributed by atoms with van der Waals surface area (Å²) >= 11 is 0. The quantitative estimate of drug-likeness (QED) is 0.862. The zero-order chi connectivity index (χ0) is 13.0. The predicted octanol–water partition coefficient (Wildman–Crippen LogP) is 3.09. The molecule has 0 saturated heterocycles. The first-order valence-electron chi connectivity index (χ1n) is 6.84. The summed E-state index contributed by atoms with van der Waals surface area (Å²) in [4.78, 5) is 0. The van der Waals surface area contributed by atoms with Gasteiger partial charge in [0.1, 0.15) is 5.82 Å². The highest BCUT2D eigenvalue weighted by Crippen LogP contribution is 2.19. The van der Waals surface area contributed by atoms with Gasteiger partial charge in [0.25, 0.3) is 0 Å². The summed E-state index contributed by atoms with van der Waals surface area (Å²) < 4.78 is 13.1. The van der Waals surface area contributed by atoms with Crippen LogP contribution < -0.4 is 5.32 Å². The molecule has 1 aliphatic carbocycles. The predicted molar refractivity (Wildman–Crippen MR) is 71.0 cm³/mol. The van der Waals surface area contributed by atoms with Gasteiger partial charge in [-0.3, -0.25) is 0 Å². The van der Waals surface area contributed by atoms with Crippen molar-refractivity contribution < 1.29 is 9.50 Å². The molecular weight excluding hydrogens is 229 g/mol. The van der Waals surface area contributed by atoms with Gasteiger partial charge in [0.2, 0.25) is 0 Å². The Hall–Kier alpha value is -0.930. The van der Waals surface area contributed by atoms with Crippen LogP contribution in [0.3, 0.4) is 0 Å². The Kier molecular flexibility index (Phi) is 4.72. The fraction of sp³-hybridized carbons (Fsp3) is 0.600. The van der Waals surface area contributed by atoms with Crippen LogP contribution in [0, 0.1) is 12.7 Å². The molecule has 1 atom stereocenters. The van der Waals surface area contributed by atoms with E-state index in [9.17, 15) is 9.50 Å². The van der Waals surface area contributed by atoms with E-state index in [0.29, 0.717) is 18.2 Å². The molecular formula is C15H22FNO. The number of halogens is 1. The number of rotatable bonds is 4. The number of nitrogens with one attached hydrogen (secondary N) is 1. The summed E-state index contributed by atoms with van der Waals surface area (Å²) in [5.41, 5.74) is 1.38. The molecule has 3 heteroatoms. The normalized spacial score (nSPS) is 18.8. The average Bonchev–Trinajstić information content (AvgIpc) is 2.40. The zero-order valence-electron chi connectivity index (χ0n) is 11.0. The Morgan fingerprint density at radius 1 is 1.33 bits per heavy atom. The monoisotopic (exact) mass is 251 g/mol. The van der Waals surface area contributed by atoms with Crippen LogP contribution in [0.2, 0.25) is 0 Å². The molecule has 1 saturated carbocycles. The molecule has 2 N–H and O–H groups in total. The zero-order valence-corrected chi connectivity index (χ0v) is 11.0. The van der Waals surface area contributed by atoms with Crippen molar-refractivity contribution in [3.8, 4) is 0 Å². The van der Waals surface area contributed by atoms with Crippen molar-refractivity contribution in [1.29, 1.82) is 0 Å². The molecule has 1 unspecified atom stereocenters. The van der Waals surface area contributed by atoms with Crippen LogP contribution in [-0.4, -0.2) is 17.7 Å². The lowest BCUT2D eigenvalue weighted by atomic mass is 9.95. The number of benzene rings is 1. The lowest BCUT2D eigenvalue weighted by Crippen LogP contribution is -2.34. The molecule has 1 aromatic carbocycles. The molecule has 1 fully saturated rings. The van der Waals surface area contributed by atoms with Gasteiger partial charge in [-0.05, 0) is 37.0 Å². The highest BCUT2D eigenvalue weighted by molar-refractivity contribution is 5.25. The van der Waals surface area contributed by atoms with Gasteiger partial charge >= 0.3 is 0 Å². The second kappa shape index (κ2) is 6.30. The van der Waals surface area contributed by atoms with E-state index in [1.165, 1.54) is 38.2 Å². The first-order chi connectivity index (χ1) is 8.66. The molecule has 0 aromatic heterocycles. The highest BCUT2D eigenvalue weighted by atomic mass is 19.1. The fourth-order valence-electron chi connectivity index (χ4n) is 2.58. The summed E-state index contributed by atoms with van der Waals surface area (Å²) in [5, 5.41) is 13.5. The van der Waals surface area contributed by atoms with E-state index >= 15 is 0 Å². The van der Waals surface area contributed by atoms with Crippen molar-refractivity contribution in [2.75, 3.05) is 6.54 Å². The van der Waals surface area contributed by atoms with Crippen LogP contribution in [0.5, 0.6) is 0 Å². The third kappa shape index (κ3) is 3.53. The van der Waals surface area contributed by atoms with E-state index in [-0.39, 0.29) is 5.82 Å². The van der Waals surface area contributed by atoms with E-state index in [2.05, 4.69) is 5.32 Å². The average molecular weight is 251 g/mol. The Labute approximate surface area is 108 Å². The van der Waals surface area contributed by atoms with Crippen molar-refractivity contribution in [3.05, 3.63) is 35.1 Å². The summed E-state index contributed by atoms with van der Waals surface area (Å²) in [6.45, 7) is 2.27. The minimum Gasteiger partial charge on any atom is -0.387 e. The van der Waals surface area contributed by atoms with Crippen LogP contribution >= 0.6 is 0 Å². The van der Waals surface area contributed by atoms with Crippen molar-refractivity contribution in [3.63, 3.8) is 0 Å². The molecule has 2 nitrogen and oxygen atoms in total. The van der Waals surface area contributed by atoms with Crippen molar-refractivity contribution in [1.82, 2.24) is 5.32 Å². The summed E-state index contributed by atoms with van der Waals surface area (Å²) in [5.74, 6) is -0.216. The molecule has 0 radical (unpaired) electrons. The lowest BCUT2D eigenvalue weighted by molar-refractivity contribution is 0.165. The Morgan fingerprint density at radius 2 is 2.06 bits per heavy atom. The van der Waals surface area contributed by atoms with E-state index in [0.717, 1.165) is 5.56 Å². The topological polar surface area (TPSA) is 32.3 Å². The van der Waals surface area contributed by atoms with Gasteiger partial charge in [0.05, 0.1) is 6.10 Å². The van der Waals surface area contributed by atoms with Crippen molar-refractivity contribution >= 4 is 0 Å². The fourth-order valence-corrected chi connectivity index (χ4v) is 2.58. The van der Waals surface area contributed by atoms with Crippen LogP contribution in [0.1, 0.15) is 49.3 Å². The first-order valence-corrected chi connectivity index (χ1v) is 6.84. The van der Waals surface area contributed by atoms with Gasteiger partial charge in [0, 0.05) is 12.6 Å². The molecule has 0 bridgehead atoms. The SMILES string of the molecule is Cc1cc(C(O)CNC2CCCCC2)ccc1F. The maximum absolute atomic E-state index is 13.1. The molecule has 18 heavy (non-hydrogen) atoms. The molecule has 100 valence electrons. The molecule has 2 rings (SSSR count). The van der Waals surface area contributed by atoms with Gasteiger partial charge in [-0.2, -0.15) is 0 Å². The first kappa shape index (κ1) is 13.5. The molecule has 0 heterocycles. The van der Waals surface area contributed by atoms with E-state index in [4.69, 9.17) is 0 Å². The van der Waals surface area contributed by atoms with Crippen LogP contribution in [0.15, 0.2) is 18.2 Å². The van der Waals surface area contributed by atoms with E-state index < -0.39 is 6.10 Å². The van der Waals surface area contributed by atoms with Gasteiger partial charge in [-0.25, -0.2) is 4.39 Å². The molecule has 1 aromatic rings. The highest BCUT2D eigenvalue weighted by Gasteiger charge is 2.15. The van der Waals surface area contributed by atoms with Gasteiger partial charge in [0.15, 0.2) is 0 Å². The number of hydrogen-bond acceptors (Lipinski definition) is 2. The maximum Gasteiger partial charge on any atom is 0.126 e. The third-order valence-electron chi connectivity index (χ3n) is 3.77. The molecule has 0 spiro atoms. The van der Waals surface area contributed by atoms with Crippen molar-refractivity contribution in [2.45, 2.75) is 51.2 Å². The molecule has 0 amide bonds. The maximum atomic E-state index is 13.1. The lowest BCUT2D eigenvalue weighted by Gasteiger charge is -2.24. The van der Waals surface area contributed by atoms with E-state index in [1.807, 2.05) is 0 Å². The van der Waals surface area contributed by atoms with Gasteiger partial charge in [-0.1, -0.05) is 31.4 Å². The minimum absolute atomic E-state index is 0.216. The summed E-state index contributed by atoms with van der Waals surface area (Å²) in [6, 6.07) is 5.35. The second-order valence-corrected chi connectivity index (χ2v) is 5.27. The number of aryl methyl sites for hydroxylation is 1. The standard InChI is InChI=1S/C15H22FNO/c1-11-9-12(7-8-14(11)16)15(18)10-17-13-5-3-2-4-6-13/h7-9,13,15,17-18H,2-6,10H2,1H3. The number of aliphatic hydroxyl groups excluding tert-OH is 1.